The Morgan fingerprint density at radius 3 is 2.06 bits per heavy atom. The van der Waals surface area contributed by atoms with Crippen LogP contribution in [0.2, 0.25) is 0 Å². The van der Waals surface area contributed by atoms with Gasteiger partial charge in [-0.3, -0.25) is 13.9 Å². The van der Waals surface area contributed by atoms with E-state index in [0.29, 0.717) is 23.5 Å². The summed E-state index contributed by atoms with van der Waals surface area (Å²) in [5.74, 6) is -0.248. The zero-order valence-corrected chi connectivity index (χ0v) is 20.5. The van der Waals surface area contributed by atoms with Gasteiger partial charge in [0.25, 0.3) is 15.9 Å². The highest BCUT2D eigenvalue weighted by Crippen LogP contribution is 2.23. The first-order valence-corrected chi connectivity index (χ1v) is 12.4. The molecule has 0 radical (unpaired) electrons. The average molecular weight is 480 g/mol. The van der Waals surface area contributed by atoms with Crippen LogP contribution in [0.4, 0.5) is 17.1 Å². The van der Waals surface area contributed by atoms with E-state index in [4.69, 9.17) is 0 Å². The first-order valence-electron chi connectivity index (χ1n) is 10.9. The van der Waals surface area contributed by atoms with Gasteiger partial charge >= 0.3 is 0 Å². The van der Waals surface area contributed by atoms with Crippen molar-refractivity contribution in [1.29, 1.82) is 0 Å². The maximum absolute atomic E-state index is 13.1. The van der Waals surface area contributed by atoms with E-state index in [0.717, 1.165) is 5.56 Å². The number of carbonyl (C=O) groups excluding carboxylic acids is 2. The molecule has 0 saturated heterocycles. The largest absolute Gasteiger partial charge is 0.326 e. The molecule has 7 nitrogen and oxygen atoms in total. The van der Waals surface area contributed by atoms with Crippen molar-refractivity contribution < 1.29 is 18.0 Å². The number of benzene rings is 3. The molecule has 178 valence electrons. The van der Waals surface area contributed by atoms with Crippen molar-refractivity contribution in [2.75, 3.05) is 22.0 Å². The van der Waals surface area contributed by atoms with Crippen LogP contribution in [0.15, 0.2) is 77.7 Å². The molecule has 0 spiro atoms. The van der Waals surface area contributed by atoms with Gasteiger partial charge in [0, 0.05) is 30.4 Å². The number of hydrogen-bond acceptors (Lipinski definition) is 4. The molecule has 0 fully saturated rings. The van der Waals surface area contributed by atoms with Crippen LogP contribution < -0.4 is 14.9 Å². The molecule has 0 aromatic heterocycles. The fourth-order valence-electron chi connectivity index (χ4n) is 3.27. The predicted molar refractivity (Wildman–Crippen MR) is 136 cm³/mol. The van der Waals surface area contributed by atoms with E-state index in [-0.39, 0.29) is 22.3 Å². The van der Waals surface area contributed by atoms with E-state index in [1.807, 2.05) is 32.9 Å². The lowest BCUT2D eigenvalue weighted by Gasteiger charge is -2.20. The van der Waals surface area contributed by atoms with Gasteiger partial charge in [-0.2, -0.15) is 0 Å². The third-order valence-electron chi connectivity index (χ3n) is 5.17. The number of nitrogens with zero attached hydrogens (tertiary/aromatic N) is 1. The molecule has 3 rings (SSSR count). The molecule has 3 aromatic carbocycles. The van der Waals surface area contributed by atoms with Crippen molar-refractivity contribution in [3.63, 3.8) is 0 Å². The molecule has 0 atom stereocenters. The van der Waals surface area contributed by atoms with Crippen LogP contribution in [0.5, 0.6) is 0 Å². The Morgan fingerprint density at radius 1 is 0.882 bits per heavy atom. The molecule has 0 saturated carbocycles. The molecule has 2 amide bonds. The van der Waals surface area contributed by atoms with Gasteiger partial charge in [0.2, 0.25) is 5.91 Å². The Hall–Kier alpha value is -3.65. The summed E-state index contributed by atoms with van der Waals surface area (Å²) in [6, 6.07) is 19.8. The fraction of sp³-hybridized carbons (Fsp3) is 0.231. The van der Waals surface area contributed by atoms with Crippen molar-refractivity contribution in [1.82, 2.24) is 0 Å². The number of aryl methyl sites for hydroxylation is 1. The minimum atomic E-state index is -3.85. The molecule has 0 unspecified atom stereocenters. The molecule has 34 heavy (non-hydrogen) atoms. The van der Waals surface area contributed by atoms with Gasteiger partial charge in [-0.05, 0) is 67.4 Å². The molecular formula is C26H29N3O4S. The summed E-state index contributed by atoms with van der Waals surface area (Å²) in [6.07, 6.45) is 0.427. The molecule has 0 aliphatic rings. The lowest BCUT2D eigenvalue weighted by atomic mass is 10.1. The summed E-state index contributed by atoms with van der Waals surface area (Å²) < 4.78 is 27.4. The second-order valence-electron chi connectivity index (χ2n) is 8.51. The highest BCUT2D eigenvalue weighted by atomic mass is 32.2. The highest BCUT2D eigenvalue weighted by molar-refractivity contribution is 7.92. The van der Waals surface area contributed by atoms with Crippen LogP contribution in [0.3, 0.4) is 0 Å². The minimum Gasteiger partial charge on any atom is -0.326 e. The van der Waals surface area contributed by atoms with Gasteiger partial charge < -0.3 is 10.6 Å². The molecular weight excluding hydrogens is 450 g/mol. The number of hydrogen-bond donors (Lipinski definition) is 2. The number of rotatable bonds is 8. The molecule has 8 heteroatoms. The van der Waals surface area contributed by atoms with Crippen LogP contribution in [-0.4, -0.2) is 27.3 Å². The van der Waals surface area contributed by atoms with Crippen molar-refractivity contribution in [3.05, 3.63) is 83.9 Å². The van der Waals surface area contributed by atoms with Crippen molar-refractivity contribution in [2.45, 2.75) is 32.1 Å². The van der Waals surface area contributed by atoms with Crippen LogP contribution in [0.25, 0.3) is 0 Å². The fourth-order valence-corrected chi connectivity index (χ4v) is 4.51. The molecule has 0 heterocycles. The topological polar surface area (TPSA) is 95.6 Å². The van der Waals surface area contributed by atoms with Crippen molar-refractivity contribution in [3.8, 4) is 0 Å². The van der Waals surface area contributed by atoms with Gasteiger partial charge in [-0.25, -0.2) is 8.42 Å². The van der Waals surface area contributed by atoms with E-state index >= 15 is 0 Å². The maximum Gasteiger partial charge on any atom is 0.264 e. The molecule has 0 aliphatic carbocycles. The predicted octanol–water partition coefficient (Wildman–Crippen LogP) is 5.06. The second-order valence-corrected chi connectivity index (χ2v) is 10.5. The van der Waals surface area contributed by atoms with E-state index < -0.39 is 15.9 Å². The quantitative estimate of drug-likeness (QED) is 0.472. The number of sulfonamides is 1. The zero-order valence-electron chi connectivity index (χ0n) is 19.7. The van der Waals surface area contributed by atoms with Crippen molar-refractivity contribution in [2.24, 2.45) is 5.92 Å². The summed E-state index contributed by atoms with van der Waals surface area (Å²) in [5, 5.41) is 5.57. The molecule has 3 aromatic rings. The Morgan fingerprint density at radius 2 is 1.47 bits per heavy atom. The minimum absolute atomic E-state index is 0.0198. The smallest absolute Gasteiger partial charge is 0.264 e. The number of nitrogens with one attached hydrogen (secondary N) is 2. The number of carbonyl (C=O) groups is 2. The van der Waals surface area contributed by atoms with E-state index in [1.165, 1.54) is 29.6 Å². The van der Waals surface area contributed by atoms with E-state index in [2.05, 4.69) is 10.6 Å². The normalized spacial score (nSPS) is 11.2. The monoisotopic (exact) mass is 479 g/mol. The lowest BCUT2D eigenvalue weighted by molar-refractivity contribution is -0.116. The summed E-state index contributed by atoms with van der Waals surface area (Å²) in [4.78, 5) is 24.7. The SMILES string of the molecule is Cc1ccc(N(C)S(=O)(=O)c2cccc(C(=O)Nc3ccc(NC(=O)CC(C)C)cc3)c2)cc1. The van der Waals surface area contributed by atoms with E-state index in [1.54, 1.807) is 42.5 Å². The van der Waals surface area contributed by atoms with Gasteiger partial charge in [0.1, 0.15) is 0 Å². The van der Waals surface area contributed by atoms with Gasteiger partial charge in [0.05, 0.1) is 10.6 Å². The third-order valence-corrected chi connectivity index (χ3v) is 6.95. The zero-order chi connectivity index (χ0) is 24.9. The summed E-state index contributed by atoms with van der Waals surface area (Å²) in [6.45, 7) is 5.87. The van der Waals surface area contributed by atoms with Gasteiger partial charge in [-0.15, -0.1) is 0 Å². The van der Waals surface area contributed by atoms with Crippen molar-refractivity contribution >= 4 is 38.9 Å². The Kier molecular flexibility index (Phi) is 7.73. The maximum atomic E-state index is 13.1. The van der Waals surface area contributed by atoms with Crippen LogP contribution >= 0.6 is 0 Å². The molecule has 2 N–H and O–H groups in total. The number of anilines is 3. The first kappa shape index (κ1) is 25.0. The van der Waals surface area contributed by atoms with Gasteiger partial charge in [-0.1, -0.05) is 37.6 Å². The van der Waals surface area contributed by atoms with E-state index in [9.17, 15) is 18.0 Å². The summed E-state index contributed by atoms with van der Waals surface area (Å²) >= 11 is 0. The van der Waals surface area contributed by atoms with Crippen LogP contribution in [-0.2, 0) is 14.8 Å². The Bertz CT molecular complexity index is 1270. The Labute approximate surface area is 200 Å². The summed E-state index contributed by atoms with van der Waals surface area (Å²) in [5.41, 5.74) is 2.93. The average Bonchev–Trinajstić information content (AvgIpc) is 2.80. The third kappa shape index (κ3) is 6.23. The molecule has 0 aliphatic heterocycles. The van der Waals surface area contributed by atoms with Crippen LogP contribution in [0.1, 0.15) is 36.2 Å². The molecule has 0 bridgehead atoms. The Balaban J connectivity index is 1.72. The van der Waals surface area contributed by atoms with Crippen LogP contribution in [0, 0.1) is 12.8 Å². The van der Waals surface area contributed by atoms with Gasteiger partial charge in [0.15, 0.2) is 0 Å². The second kappa shape index (κ2) is 10.5. The highest BCUT2D eigenvalue weighted by Gasteiger charge is 2.22. The summed E-state index contributed by atoms with van der Waals surface area (Å²) in [7, 11) is -2.37. The number of amides is 2. The first-order chi connectivity index (χ1) is 16.1. The lowest BCUT2D eigenvalue weighted by Crippen LogP contribution is -2.26. The standard InChI is InChI=1S/C26H29N3O4S/c1-18(2)16-25(30)27-21-10-12-22(13-11-21)28-26(31)20-6-5-7-24(17-20)34(32,33)29(4)23-14-8-19(3)9-15-23/h5-15,17-18H,16H2,1-4H3,(H,27,30)(H,28,31).